The van der Waals surface area contributed by atoms with Gasteiger partial charge >= 0.3 is 0 Å². The van der Waals surface area contributed by atoms with Crippen LogP contribution in [-0.4, -0.2) is 35.8 Å². The molecule has 0 radical (unpaired) electrons. The number of aryl methyl sites for hydroxylation is 1. The molecule has 6 aliphatic rings. The van der Waals surface area contributed by atoms with Crippen molar-refractivity contribution in [1.29, 1.82) is 0 Å². The second-order valence-electron chi connectivity index (χ2n) is 15.2. The van der Waals surface area contributed by atoms with E-state index in [-0.39, 0.29) is 11.2 Å². The van der Waals surface area contributed by atoms with Crippen molar-refractivity contribution in [2.24, 2.45) is 34.5 Å². The first-order valence-corrected chi connectivity index (χ1v) is 17.5. The topological polar surface area (TPSA) is 60.5 Å². The molecule has 6 fully saturated rings. The predicted octanol–water partition coefficient (Wildman–Crippen LogP) is 7.72. The minimum Gasteiger partial charge on any atom is -0.348 e. The third-order valence-corrected chi connectivity index (χ3v) is 13.5. The first-order chi connectivity index (χ1) is 19.9. The van der Waals surface area contributed by atoms with Crippen LogP contribution in [0.4, 0.5) is 0 Å². The number of carbonyl (C=O) groups excluding carboxylic acids is 1. The zero-order valence-corrected chi connectivity index (χ0v) is 25.8. The summed E-state index contributed by atoms with van der Waals surface area (Å²) < 4.78 is 12.4. The second-order valence-corrected chi connectivity index (χ2v) is 15.2. The largest absolute Gasteiger partial charge is 0.348 e. The van der Waals surface area contributed by atoms with Gasteiger partial charge < -0.3 is 14.8 Å². The van der Waals surface area contributed by atoms with Crippen LogP contribution in [0.5, 0.6) is 0 Å². The lowest BCUT2D eigenvalue weighted by Gasteiger charge is -2.61. The van der Waals surface area contributed by atoms with Crippen LogP contribution in [-0.2, 0) is 20.7 Å². The minimum atomic E-state index is -0.288. The molecular formula is C36H54N2O3. The van der Waals surface area contributed by atoms with E-state index in [2.05, 4.69) is 37.6 Å². The number of ether oxygens (including phenoxy) is 2. The number of rotatable bonds is 7. The lowest BCUT2D eigenvalue weighted by Crippen LogP contribution is -2.56. The van der Waals surface area contributed by atoms with Gasteiger partial charge in [-0.2, -0.15) is 0 Å². The Morgan fingerprint density at radius 3 is 2.61 bits per heavy atom. The van der Waals surface area contributed by atoms with Gasteiger partial charge in [-0.05, 0) is 111 Å². The summed E-state index contributed by atoms with van der Waals surface area (Å²) in [4.78, 5) is 18.5. The number of hydrogen-bond donors (Lipinski definition) is 1. The maximum Gasteiger partial charge on any atom is 0.168 e. The monoisotopic (exact) mass is 562 g/mol. The van der Waals surface area contributed by atoms with E-state index in [0.717, 1.165) is 70.5 Å². The Hall–Kier alpha value is -1.30. The Morgan fingerprint density at radius 2 is 1.80 bits per heavy atom. The lowest BCUT2D eigenvalue weighted by molar-refractivity contribution is -0.229. The highest BCUT2D eigenvalue weighted by Crippen LogP contribution is 2.67. The number of aromatic nitrogens is 1. The van der Waals surface area contributed by atoms with Crippen molar-refractivity contribution in [3.63, 3.8) is 0 Å². The molecule has 1 saturated heterocycles. The molecule has 1 aliphatic heterocycles. The van der Waals surface area contributed by atoms with Gasteiger partial charge in [0.1, 0.15) is 5.78 Å². The fraction of sp³-hybridized carbons (Fsp3) is 0.833. The van der Waals surface area contributed by atoms with E-state index in [1.165, 1.54) is 68.9 Å². The number of ketones is 1. The Morgan fingerprint density at radius 1 is 0.976 bits per heavy atom. The summed E-state index contributed by atoms with van der Waals surface area (Å²) in [6.07, 6.45) is 24.2. The SMILES string of the molecule is CCC(NC1CCCCC1)c1cncc(CC[C@]23CCC4C(CCC5CC6(CC[C@@]54C)OCCO6)C2CCC3=O)c1. The molecule has 5 saturated carbocycles. The summed E-state index contributed by atoms with van der Waals surface area (Å²) in [5.74, 6) is 3.04. The van der Waals surface area contributed by atoms with Crippen molar-refractivity contribution in [1.82, 2.24) is 10.3 Å². The van der Waals surface area contributed by atoms with Gasteiger partial charge in [-0.3, -0.25) is 9.78 Å². The molecule has 1 aromatic rings. The molecule has 1 spiro atoms. The number of nitrogens with zero attached hydrogens (tertiary/aromatic N) is 1. The van der Waals surface area contributed by atoms with Gasteiger partial charge in [-0.1, -0.05) is 39.2 Å². The van der Waals surface area contributed by atoms with Crippen molar-refractivity contribution in [3.05, 3.63) is 29.6 Å². The van der Waals surface area contributed by atoms with Crippen LogP contribution >= 0.6 is 0 Å². The fourth-order valence-corrected chi connectivity index (χ4v) is 11.2. The highest BCUT2D eigenvalue weighted by molar-refractivity contribution is 5.87. The number of pyridine rings is 1. The number of fused-ring (bicyclic) bond motifs is 5. The molecule has 5 heteroatoms. The number of nitrogens with one attached hydrogen (secondary N) is 1. The molecule has 1 N–H and O–H groups in total. The molecule has 2 heterocycles. The van der Waals surface area contributed by atoms with Crippen LogP contribution in [0.25, 0.3) is 0 Å². The van der Waals surface area contributed by atoms with Crippen LogP contribution in [0.3, 0.4) is 0 Å². The van der Waals surface area contributed by atoms with Gasteiger partial charge in [0.2, 0.25) is 0 Å². The summed E-state index contributed by atoms with van der Waals surface area (Å²) in [6, 6.07) is 3.43. The van der Waals surface area contributed by atoms with Crippen LogP contribution in [0.15, 0.2) is 18.5 Å². The van der Waals surface area contributed by atoms with E-state index in [1.54, 1.807) is 0 Å². The van der Waals surface area contributed by atoms with Crippen LogP contribution in [0, 0.1) is 34.5 Å². The van der Waals surface area contributed by atoms with E-state index < -0.39 is 0 Å². The standard InChI is InChI=1S/C36H54N2O3/c1-3-32(38-28-7-5-4-6-8-28)26-21-25(23-37-24-26)13-15-35-16-14-30-29(31(35)11-12-33(35)39)10-9-27-22-36(40-19-20-41-36)18-17-34(27,30)2/h21,23-24,27-32,38H,3-20,22H2,1-2H3/t27?,29?,30?,31?,32?,34-,35-/m0/s1. The Labute approximate surface area is 248 Å². The number of carbonyl (C=O) groups is 1. The molecule has 7 atom stereocenters. The average Bonchev–Trinajstić information content (AvgIpc) is 3.60. The maximum atomic E-state index is 13.7. The van der Waals surface area contributed by atoms with Crippen molar-refractivity contribution >= 4 is 5.78 Å². The van der Waals surface area contributed by atoms with Crippen molar-refractivity contribution in [2.75, 3.05) is 13.2 Å². The molecule has 226 valence electrons. The van der Waals surface area contributed by atoms with Gasteiger partial charge in [0.25, 0.3) is 0 Å². The highest BCUT2D eigenvalue weighted by atomic mass is 16.7. The third-order valence-electron chi connectivity index (χ3n) is 13.5. The molecule has 1 aromatic heterocycles. The number of Topliss-reactive ketones (excluding diaryl/α,β-unsaturated/α-hetero) is 1. The fourth-order valence-electron chi connectivity index (χ4n) is 11.2. The van der Waals surface area contributed by atoms with E-state index in [4.69, 9.17) is 14.5 Å². The second kappa shape index (κ2) is 11.3. The van der Waals surface area contributed by atoms with Crippen LogP contribution in [0.1, 0.15) is 134 Å². The summed E-state index contributed by atoms with van der Waals surface area (Å²) in [5, 5.41) is 3.96. The first kappa shape index (κ1) is 28.5. The van der Waals surface area contributed by atoms with Crippen molar-refractivity contribution < 1.29 is 14.3 Å². The first-order valence-electron chi connectivity index (χ1n) is 17.5. The molecule has 5 nitrogen and oxygen atoms in total. The summed E-state index contributed by atoms with van der Waals surface area (Å²) >= 11 is 0. The van der Waals surface area contributed by atoms with Crippen LogP contribution < -0.4 is 5.32 Å². The zero-order chi connectivity index (χ0) is 28.1. The van der Waals surface area contributed by atoms with E-state index in [9.17, 15) is 4.79 Å². The Balaban J connectivity index is 1.05. The molecule has 0 amide bonds. The third kappa shape index (κ3) is 5.04. The van der Waals surface area contributed by atoms with Gasteiger partial charge in [-0.25, -0.2) is 0 Å². The van der Waals surface area contributed by atoms with Crippen LogP contribution in [0.2, 0.25) is 0 Å². The van der Waals surface area contributed by atoms with E-state index >= 15 is 0 Å². The van der Waals surface area contributed by atoms with Crippen molar-refractivity contribution in [2.45, 2.75) is 141 Å². The van der Waals surface area contributed by atoms with Gasteiger partial charge in [0.15, 0.2) is 5.79 Å². The summed E-state index contributed by atoms with van der Waals surface area (Å²) in [6.45, 7) is 6.41. The molecule has 41 heavy (non-hydrogen) atoms. The normalized spacial score (nSPS) is 39.3. The molecule has 0 aromatic carbocycles. The lowest BCUT2D eigenvalue weighted by atomic mass is 9.44. The van der Waals surface area contributed by atoms with Crippen molar-refractivity contribution in [3.8, 4) is 0 Å². The average molecular weight is 563 g/mol. The minimum absolute atomic E-state index is 0.0988. The smallest absolute Gasteiger partial charge is 0.168 e. The maximum absolute atomic E-state index is 13.7. The van der Waals surface area contributed by atoms with E-state index in [0.29, 0.717) is 41.0 Å². The summed E-state index contributed by atoms with van der Waals surface area (Å²) in [7, 11) is 0. The van der Waals surface area contributed by atoms with E-state index in [1.807, 2.05) is 0 Å². The highest BCUT2D eigenvalue weighted by Gasteiger charge is 2.63. The number of hydrogen-bond acceptors (Lipinski definition) is 5. The Bertz CT molecular complexity index is 1090. The quantitative estimate of drug-likeness (QED) is 0.369. The van der Waals surface area contributed by atoms with Gasteiger partial charge in [-0.15, -0.1) is 0 Å². The molecule has 5 unspecified atom stereocenters. The zero-order valence-electron chi connectivity index (χ0n) is 25.8. The molecular weight excluding hydrogens is 508 g/mol. The predicted molar refractivity (Wildman–Crippen MR) is 161 cm³/mol. The molecule has 0 bridgehead atoms. The Kier molecular flexibility index (Phi) is 7.86. The van der Waals surface area contributed by atoms with Gasteiger partial charge in [0, 0.05) is 49.2 Å². The molecule has 5 aliphatic carbocycles. The molecule has 7 rings (SSSR count). The summed E-state index contributed by atoms with van der Waals surface area (Å²) in [5.41, 5.74) is 2.94. The van der Waals surface area contributed by atoms with Gasteiger partial charge in [0.05, 0.1) is 13.2 Å².